The van der Waals surface area contributed by atoms with Gasteiger partial charge in [-0.2, -0.15) is 0 Å². The molecule has 0 amide bonds. The zero-order valence-corrected chi connectivity index (χ0v) is 17.1. The fourth-order valence-electron chi connectivity index (χ4n) is 6.80. The van der Waals surface area contributed by atoms with Crippen LogP contribution >= 0.6 is 0 Å². The molecule has 2 aromatic rings. The maximum absolute atomic E-state index is 11.0. The van der Waals surface area contributed by atoms with Crippen molar-refractivity contribution in [3.05, 3.63) is 58.9 Å². The molecule has 4 aliphatic rings. The highest BCUT2D eigenvalue weighted by Crippen LogP contribution is 2.52. The van der Waals surface area contributed by atoms with Gasteiger partial charge in [0.1, 0.15) is 0 Å². The van der Waals surface area contributed by atoms with E-state index >= 15 is 0 Å². The van der Waals surface area contributed by atoms with Crippen LogP contribution in [0.3, 0.4) is 0 Å². The van der Waals surface area contributed by atoms with Gasteiger partial charge in [0.05, 0.1) is 11.3 Å². The summed E-state index contributed by atoms with van der Waals surface area (Å²) in [5.41, 5.74) is 3.06. The molecule has 0 radical (unpaired) electrons. The first-order chi connectivity index (χ1) is 14.0. The van der Waals surface area contributed by atoms with Crippen LogP contribution in [0.25, 0.3) is 10.8 Å². The third kappa shape index (κ3) is 2.31. The second kappa shape index (κ2) is 6.07. The quantitative estimate of drug-likeness (QED) is 0.728. The van der Waals surface area contributed by atoms with Gasteiger partial charge >= 0.3 is 0 Å². The molecule has 2 N–H and O–H groups in total. The topological polar surface area (TPSA) is 52.9 Å². The van der Waals surface area contributed by atoms with Crippen LogP contribution < -0.4 is 0 Å². The first kappa shape index (κ1) is 17.9. The monoisotopic (exact) mass is 391 g/mol. The van der Waals surface area contributed by atoms with Crippen LogP contribution in [0.2, 0.25) is 0 Å². The van der Waals surface area contributed by atoms with Gasteiger partial charge in [0, 0.05) is 18.9 Å². The second-order valence-corrected chi connectivity index (χ2v) is 9.68. The lowest BCUT2D eigenvalue weighted by Crippen LogP contribution is -2.66. The summed E-state index contributed by atoms with van der Waals surface area (Å²) in [6, 6.07) is 11.1. The number of rotatable bonds is 1. The third-order valence-electron chi connectivity index (χ3n) is 8.34. The number of aliphatic hydroxyl groups excluding tert-OH is 1. The zero-order valence-electron chi connectivity index (χ0n) is 17.1. The minimum Gasteiger partial charge on any atom is -0.479 e. The van der Waals surface area contributed by atoms with Gasteiger partial charge in [0.15, 0.2) is 12.5 Å². The molecule has 1 saturated heterocycles. The number of hydrogen-bond acceptors (Lipinski definition) is 4. The Morgan fingerprint density at radius 3 is 2.83 bits per heavy atom. The minimum atomic E-state index is -1.43. The summed E-state index contributed by atoms with van der Waals surface area (Å²) in [6.07, 6.45) is 4.25. The maximum atomic E-state index is 11.0. The molecule has 5 unspecified atom stereocenters. The highest BCUT2D eigenvalue weighted by atomic mass is 16.5. The normalized spacial score (nSPS) is 35.7. The summed E-state index contributed by atoms with van der Waals surface area (Å²) in [4.78, 5) is 2.29. The van der Waals surface area contributed by atoms with Gasteiger partial charge in [-0.25, -0.2) is 0 Å². The van der Waals surface area contributed by atoms with Gasteiger partial charge in [-0.05, 0) is 70.7 Å². The predicted octanol–water partition coefficient (Wildman–Crippen LogP) is 3.73. The Kier molecular flexibility index (Phi) is 3.75. The Morgan fingerprint density at radius 2 is 2.00 bits per heavy atom. The molecule has 3 heterocycles. The van der Waals surface area contributed by atoms with E-state index in [1.165, 1.54) is 27.5 Å². The van der Waals surface area contributed by atoms with Crippen molar-refractivity contribution in [1.29, 1.82) is 0 Å². The average Bonchev–Trinajstić information content (AvgIpc) is 2.77. The molecular formula is C25H29NO3. The minimum absolute atomic E-state index is 0.0647. The van der Waals surface area contributed by atoms with E-state index in [0.29, 0.717) is 18.9 Å². The Bertz CT molecular complexity index is 1030. The Morgan fingerprint density at radius 1 is 1.14 bits per heavy atom. The molecule has 3 aliphatic heterocycles. The molecule has 152 valence electrons. The van der Waals surface area contributed by atoms with Crippen LogP contribution in [0, 0.1) is 17.8 Å². The number of aliphatic hydroxyl groups is 2. The van der Waals surface area contributed by atoms with Gasteiger partial charge in [-0.1, -0.05) is 38.1 Å². The van der Waals surface area contributed by atoms with Gasteiger partial charge in [-0.3, -0.25) is 4.90 Å². The molecule has 0 aromatic heterocycles. The highest BCUT2D eigenvalue weighted by Gasteiger charge is 2.58. The van der Waals surface area contributed by atoms with E-state index in [1.807, 2.05) is 0 Å². The van der Waals surface area contributed by atoms with E-state index in [4.69, 9.17) is 4.74 Å². The Labute approximate surface area is 171 Å². The number of hydrogen-bond donors (Lipinski definition) is 2. The van der Waals surface area contributed by atoms with Crippen molar-refractivity contribution in [2.45, 2.75) is 64.1 Å². The summed E-state index contributed by atoms with van der Waals surface area (Å²) < 4.78 is 6.70. The lowest BCUT2D eigenvalue weighted by molar-refractivity contribution is -0.208. The molecule has 0 saturated carbocycles. The largest absolute Gasteiger partial charge is 0.479 e. The van der Waals surface area contributed by atoms with E-state index in [0.717, 1.165) is 25.0 Å². The molecule has 0 spiro atoms. The fourth-order valence-corrected chi connectivity index (χ4v) is 6.80. The molecule has 1 fully saturated rings. The Hall–Kier alpha value is -1.88. The molecule has 6 rings (SSSR count). The molecule has 2 aromatic carbocycles. The summed E-state index contributed by atoms with van der Waals surface area (Å²) >= 11 is 0. The molecular weight excluding hydrogens is 362 g/mol. The van der Waals surface area contributed by atoms with E-state index in [2.05, 4.69) is 55.2 Å². The van der Waals surface area contributed by atoms with Crippen molar-refractivity contribution < 1.29 is 14.9 Å². The summed E-state index contributed by atoms with van der Waals surface area (Å²) in [6.45, 7) is 5.22. The lowest BCUT2D eigenvalue weighted by atomic mass is 9.65. The van der Waals surface area contributed by atoms with Crippen molar-refractivity contribution >= 4 is 10.8 Å². The van der Waals surface area contributed by atoms with Crippen molar-refractivity contribution in [3.8, 4) is 0 Å². The van der Waals surface area contributed by atoms with Gasteiger partial charge in [0.25, 0.3) is 0 Å². The van der Waals surface area contributed by atoms with Crippen molar-refractivity contribution in [2.75, 3.05) is 0 Å². The van der Waals surface area contributed by atoms with E-state index in [-0.39, 0.29) is 18.1 Å². The van der Waals surface area contributed by atoms with Gasteiger partial charge in [0.2, 0.25) is 0 Å². The van der Waals surface area contributed by atoms with Crippen LogP contribution in [0.1, 0.15) is 43.4 Å². The third-order valence-corrected chi connectivity index (χ3v) is 8.34. The molecule has 29 heavy (non-hydrogen) atoms. The smallest absolute Gasteiger partial charge is 0.170 e. The maximum Gasteiger partial charge on any atom is 0.170 e. The fraction of sp³-hybridized carbons (Fsp3) is 0.520. The lowest BCUT2D eigenvalue weighted by Gasteiger charge is -2.53. The summed E-state index contributed by atoms with van der Waals surface area (Å²) in [5, 5.41) is 24.5. The molecule has 3 bridgehead atoms. The van der Waals surface area contributed by atoms with E-state index in [9.17, 15) is 10.2 Å². The standard InChI is InChI=1S/C25H29NO3/c1-14-5-3-8-21-23(14)15(2)25(24(27)28)12-17-7-4-6-16-9-18-11-22(29-21)26(25)13-19(18)10-20(16)17/h4,6-10,14-15,22-24,27-28H,3,5,11-13H2,1-2H3. The first-order valence-electron chi connectivity index (χ1n) is 11.0. The molecule has 5 atom stereocenters. The SMILES string of the molecule is CC1CCC=C2OC3Cc4cc5cccc6c5cc4CN3C(C(O)O)(C6)C(C)C21. The number of allylic oxidation sites excluding steroid dienone is 2. The van der Waals surface area contributed by atoms with Gasteiger partial charge in [-0.15, -0.1) is 0 Å². The number of nitrogens with zero attached hydrogens (tertiary/aromatic N) is 1. The summed E-state index contributed by atoms with van der Waals surface area (Å²) in [5.74, 6) is 1.82. The second-order valence-electron chi connectivity index (χ2n) is 9.68. The molecule has 1 aliphatic carbocycles. The van der Waals surface area contributed by atoms with E-state index in [1.54, 1.807) is 0 Å². The van der Waals surface area contributed by atoms with Crippen LogP contribution in [-0.2, 0) is 24.1 Å². The number of benzene rings is 2. The van der Waals surface area contributed by atoms with Gasteiger partial charge < -0.3 is 14.9 Å². The highest BCUT2D eigenvalue weighted by molar-refractivity contribution is 5.87. The van der Waals surface area contributed by atoms with Crippen molar-refractivity contribution in [3.63, 3.8) is 0 Å². The zero-order chi connectivity index (χ0) is 19.9. The van der Waals surface area contributed by atoms with Crippen molar-refractivity contribution in [2.24, 2.45) is 17.8 Å². The number of ether oxygens (including phenoxy) is 1. The van der Waals surface area contributed by atoms with Crippen LogP contribution in [0.4, 0.5) is 0 Å². The average molecular weight is 392 g/mol. The van der Waals surface area contributed by atoms with Crippen LogP contribution in [0.5, 0.6) is 0 Å². The Balaban J connectivity index is 1.66. The predicted molar refractivity (Wildman–Crippen MR) is 112 cm³/mol. The number of fused-ring (bicyclic) bond motifs is 1. The van der Waals surface area contributed by atoms with Crippen molar-refractivity contribution in [1.82, 2.24) is 4.90 Å². The van der Waals surface area contributed by atoms with Crippen LogP contribution in [-0.4, -0.2) is 33.2 Å². The summed E-state index contributed by atoms with van der Waals surface area (Å²) in [7, 11) is 0. The first-order valence-corrected chi connectivity index (χ1v) is 11.0. The molecule has 4 heteroatoms. The molecule has 4 nitrogen and oxygen atoms in total. The van der Waals surface area contributed by atoms with Crippen LogP contribution in [0.15, 0.2) is 42.2 Å². The van der Waals surface area contributed by atoms with E-state index < -0.39 is 11.8 Å².